The van der Waals surface area contributed by atoms with Crippen LogP contribution in [0.1, 0.15) is 75.1 Å². The Morgan fingerprint density at radius 1 is 1.17 bits per heavy atom. The van der Waals surface area contributed by atoms with Crippen LogP contribution < -0.4 is 9.47 Å². The molecule has 6 heteroatoms. The van der Waals surface area contributed by atoms with Gasteiger partial charge in [-0.3, -0.25) is 14.5 Å². The highest BCUT2D eigenvalue weighted by Gasteiger charge is 2.66. The fraction of sp³-hybridized carbons (Fsp3) is 0.556. The summed E-state index contributed by atoms with van der Waals surface area (Å²) in [4.78, 5) is 31.0. The molecule has 5 atom stereocenters. The molecule has 0 radical (unpaired) electrons. The molecule has 7 rings (SSSR count). The number of hydrogen-bond donors (Lipinski definition) is 0. The first kappa shape index (κ1) is 27.7. The van der Waals surface area contributed by atoms with Gasteiger partial charge in [0.05, 0.1) is 6.04 Å². The van der Waals surface area contributed by atoms with Crippen molar-refractivity contribution in [2.45, 2.75) is 89.8 Å². The molecule has 2 heterocycles. The Balaban J connectivity index is 1.27. The van der Waals surface area contributed by atoms with Crippen molar-refractivity contribution >= 4 is 18.0 Å². The molecule has 0 aromatic heterocycles. The van der Waals surface area contributed by atoms with Gasteiger partial charge in [0.15, 0.2) is 0 Å². The van der Waals surface area contributed by atoms with Crippen molar-refractivity contribution < 1.29 is 19.1 Å². The van der Waals surface area contributed by atoms with Crippen LogP contribution in [0, 0.1) is 24.7 Å². The number of aryl methyl sites for hydroxylation is 1. The monoisotopic (exact) mass is 568 g/mol. The average Bonchev–Trinajstić information content (AvgIpc) is 3.70. The van der Waals surface area contributed by atoms with Crippen molar-refractivity contribution in [3.05, 3.63) is 64.7 Å². The Morgan fingerprint density at radius 2 is 2.00 bits per heavy atom. The van der Waals surface area contributed by atoms with Crippen molar-refractivity contribution in [1.29, 1.82) is 0 Å². The number of esters is 1. The minimum Gasteiger partial charge on any atom is -0.487 e. The molecule has 2 aromatic carbocycles. The highest BCUT2D eigenvalue weighted by molar-refractivity contribution is 5.92. The highest BCUT2D eigenvalue weighted by atomic mass is 16.5. The first-order chi connectivity index (χ1) is 20.2. The predicted octanol–water partition coefficient (Wildman–Crippen LogP) is 5.94. The van der Waals surface area contributed by atoms with Crippen molar-refractivity contribution in [3.8, 4) is 11.5 Å². The average molecular weight is 569 g/mol. The van der Waals surface area contributed by atoms with Gasteiger partial charge in [-0.2, -0.15) is 0 Å². The van der Waals surface area contributed by atoms with E-state index in [1.165, 1.54) is 37.4 Å². The van der Waals surface area contributed by atoms with Gasteiger partial charge in [-0.15, -0.1) is 0 Å². The molecule has 0 N–H and O–H groups in total. The van der Waals surface area contributed by atoms with E-state index in [1.807, 2.05) is 30.3 Å². The normalized spacial score (nSPS) is 29.4. The topological polar surface area (TPSA) is 59.1 Å². The van der Waals surface area contributed by atoms with Crippen LogP contribution in [0.4, 0.5) is 0 Å². The van der Waals surface area contributed by atoms with E-state index in [0.29, 0.717) is 30.2 Å². The quantitative estimate of drug-likeness (QED) is 0.224. The first-order valence-corrected chi connectivity index (χ1v) is 16.1. The summed E-state index contributed by atoms with van der Waals surface area (Å²) in [7, 11) is 0. The molecule has 2 aliphatic heterocycles. The summed E-state index contributed by atoms with van der Waals surface area (Å²) < 4.78 is 12.8. The van der Waals surface area contributed by atoms with Gasteiger partial charge in [0.1, 0.15) is 17.6 Å². The third-order valence-electron chi connectivity index (χ3n) is 10.6. The van der Waals surface area contributed by atoms with Gasteiger partial charge < -0.3 is 14.4 Å². The number of ether oxygens (including phenoxy) is 2. The Labute approximate surface area is 250 Å². The van der Waals surface area contributed by atoms with E-state index in [9.17, 15) is 9.59 Å². The SMILES string of the molecule is CC(=O)Oc1ccc2c3c1C[C@@H]1[C@@H]4CC[C@@H](N(CC(C)C)C(=O)C=Cc5cccc(C)c5)[C@H](O2)[C@]34CCN1CC1CC1. The van der Waals surface area contributed by atoms with Gasteiger partial charge in [0, 0.05) is 48.7 Å². The molecule has 2 aromatic rings. The minimum atomic E-state index is -0.281. The molecule has 2 saturated carbocycles. The van der Waals surface area contributed by atoms with Gasteiger partial charge in [-0.25, -0.2) is 0 Å². The van der Waals surface area contributed by atoms with Crippen LogP contribution in [-0.4, -0.2) is 59.5 Å². The Hall–Kier alpha value is -3.12. The number of benzene rings is 2. The Kier molecular flexibility index (Phi) is 6.96. The number of carbonyl (C=O) groups excluding carboxylic acids is 2. The minimum absolute atomic E-state index is 0.00975. The largest absolute Gasteiger partial charge is 0.487 e. The highest BCUT2D eigenvalue weighted by Crippen LogP contribution is 2.64. The standard InChI is InChI=1S/C36H44N2O4/c1-22(2)20-38(33(40)15-10-25-7-5-6-23(3)18-25)29-12-11-28-30-19-27-31(41-24(4)39)13-14-32-34(27)36(28,35(29)42-32)16-17-37(30)21-26-8-9-26/h5-7,10,13-15,18,22,26,28-30,35H,8-9,11-12,16-17,19-21H2,1-4H3/t28-,29+,30+,35-,36-/m0/s1. The molecule has 42 heavy (non-hydrogen) atoms. The molecule has 3 fully saturated rings. The lowest BCUT2D eigenvalue weighted by atomic mass is 9.50. The number of carbonyl (C=O) groups is 2. The molecule has 2 bridgehead atoms. The molecular formula is C36H44N2O4. The van der Waals surface area contributed by atoms with E-state index in [0.717, 1.165) is 55.0 Å². The number of likely N-dealkylation sites (tertiary alicyclic amines) is 1. The fourth-order valence-electron chi connectivity index (χ4n) is 8.85. The lowest BCUT2D eigenvalue weighted by Crippen LogP contribution is -2.69. The van der Waals surface area contributed by atoms with Crippen molar-refractivity contribution in [2.75, 3.05) is 19.6 Å². The molecule has 222 valence electrons. The lowest BCUT2D eigenvalue weighted by Gasteiger charge is -2.60. The number of rotatable bonds is 8. The molecule has 1 spiro atoms. The zero-order valence-corrected chi connectivity index (χ0v) is 25.5. The maximum Gasteiger partial charge on any atom is 0.308 e. The van der Waals surface area contributed by atoms with Crippen molar-refractivity contribution in [1.82, 2.24) is 9.80 Å². The summed E-state index contributed by atoms with van der Waals surface area (Å²) in [5.74, 6) is 3.05. The summed E-state index contributed by atoms with van der Waals surface area (Å²) in [6, 6.07) is 12.6. The predicted molar refractivity (Wildman–Crippen MR) is 164 cm³/mol. The molecule has 3 aliphatic carbocycles. The van der Waals surface area contributed by atoms with Crippen LogP contribution in [0.5, 0.6) is 11.5 Å². The number of nitrogens with zero attached hydrogens (tertiary/aromatic N) is 2. The molecule has 1 amide bonds. The maximum absolute atomic E-state index is 14.0. The summed E-state index contributed by atoms with van der Waals surface area (Å²) in [5.41, 5.74) is 4.49. The third kappa shape index (κ3) is 4.67. The van der Waals surface area contributed by atoms with E-state index in [4.69, 9.17) is 9.47 Å². The van der Waals surface area contributed by atoms with Gasteiger partial charge >= 0.3 is 5.97 Å². The van der Waals surface area contributed by atoms with Crippen LogP contribution in [0.2, 0.25) is 0 Å². The molecule has 1 saturated heterocycles. The second-order valence-corrected chi connectivity index (χ2v) is 13.9. The Bertz CT molecular complexity index is 1430. The first-order valence-electron chi connectivity index (χ1n) is 16.1. The van der Waals surface area contributed by atoms with Crippen LogP contribution in [0.25, 0.3) is 6.08 Å². The summed E-state index contributed by atoms with van der Waals surface area (Å²) in [5, 5.41) is 0. The lowest BCUT2D eigenvalue weighted by molar-refractivity contribution is -0.139. The Morgan fingerprint density at radius 3 is 2.74 bits per heavy atom. The van der Waals surface area contributed by atoms with Gasteiger partial charge in [-0.05, 0) is 93.5 Å². The molecule has 0 unspecified atom stereocenters. The number of piperidine rings is 1. The van der Waals surface area contributed by atoms with Gasteiger partial charge in [-0.1, -0.05) is 43.7 Å². The number of hydrogen-bond acceptors (Lipinski definition) is 5. The van der Waals surface area contributed by atoms with Crippen LogP contribution in [0.3, 0.4) is 0 Å². The maximum atomic E-state index is 14.0. The van der Waals surface area contributed by atoms with E-state index < -0.39 is 0 Å². The summed E-state index contributed by atoms with van der Waals surface area (Å²) >= 11 is 0. The summed E-state index contributed by atoms with van der Waals surface area (Å²) in [6.07, 6.45) is 10.2. The molecule has 5 aliphatic rings. The van der Waals surface area contributed by atoms with E-state index >= 15 is 0 Å². The van der Waals surface area contributed by atoms with E-state index in [1.54, 1.807) is 6.08 Å². The second kappa shape index (κ2) is 10.6. The van der Waals surface area contributed by atoms with Crippen LogP contribution in [-0.2, 0) is 21.4 Å². The van der Waals surface area contributed by atoms with Crippen molar-refractivity contribution in [2.24, 2.45) is 17.8 Å². The number of amides is 1. The molecular weight excluding hydrogens is 524 g/mol. The molecule has 6 nitrogen and oxygen atoms in total. The zero-order chi connectivity index (χ0) is 29.2. The smallest absolute Gasteiger partial charge is 0.308 e. The van der Waals surface area contributed by atoms with Crippen LogP contribution in [0.15, 0.2) is 42.5 Å². The van der Waals surface area contributed by atoms with E-state index in [2.05, 4.69) is 42.7 Å². The third-order valence-corrected chi connectivity index (χ3v) is 10.6. The van der Waals surface area contributed by atoms with Gasteiger partial charge in [0.25, 0.3) is 0 Å². The van der Waals surface area contributed by atoms with Gasteiger partial charge in [0.2, 0.25) is 5.91 Å². The zero-order valence-electron chi connectivity index (χ0n) is 25.5. The van der Waals surface area contributed by atoms with Crippen LogP contribution >= 0.6 is 0 Å². The fourth-order valence-corrected chi connectivity index (χ4v) is 8.85. The summed E-state index contributed by atoms with van der Waals surface area (Å²) in [6.45, 7) is 10.9. The van der Waals surface area contributed by atoms with Crippen molar-refractivity contribution in [3.63, 3.8) is 0 Å². The van der Waals surface area contributed by atoms with E-state index in [-0.39, 0.29) is 29.4 Å². The second-order valence-electron chi connectivity index (χ2n) is 13.9.